The Balaban J connectivity index is 0.780. The van der Waals surface area contributed by atoms with Crippen LogP contribution in [0.2, 0.25) is 0 Å². The van der Waals surface area contributed by atoms with Crippen LogP contribution in [-0.4, -0.2) is 162 Å². The van der Waals surface area contributed by atoms with Gasteiger partial charge in [-0.05, 0) is 80.5 Å². The molecule has 2 aromatic carbocycles. The Bertz CT molecular complexity index is 2200. The van der Waals surface area contributed by atoms with Crippen LogP contribution in [0, 0.1) is 5.92 Å². The number of rotatable bonds is 10. The van der Waals surface area contributed by atoms with Crippen LogP contribution in [0.15, 0.2) is 48.7 Å². The summed E-state index contributed by atoms with van der Waals surface area (Å²) in [5.41, 5.74) is 9.25. The number of primary amides is 1. The zero-order chi connectivity index (χ0) is 42.4. The lowest BCUT2D eigenvalue weighted by molar-refractivity contribution is -0.129. The standard InChI is InChI=1S/C43H54N12O6/c1-49-16-21-54(43(49)61)31-5-3-15-53(26-31)35-23-45-37(38(44)57)39(47-35)46-28-6-8-29(9-7-28)51-19-17-50(18-20-51)24-27-4-2-14-52(25-27)30-10-11-32-33(22-30)42(60)55(41(32)59)34-12-13-36(56)48-40(34)58/h6-11,22-23,27,31,34,40,58H,2-5,12-21,24-26H2,1H3,(H2,44,57)(H,46,47)(H,48,56)/t27-,31-,34?,40?/m1/s1. The van der Waals surface area contributed by atoms with Crippen LogP contribution in [0.4, 0.5) is 33.5 Å². The number of hydrogen-bond acceptors (Lipinski definition) is 13. The van der Waals surface area contributed by atoms with E-state index < -0.39 is 30.0 Å². The highest BCUT2D eigenvalue weighted by atomic mass is 16.3. The Morgan fingerprint density at radius 2 is 1.57 bits per heavy atom. The highest BCUT2D eigenvalue weighted by Gasteiger charge is 2.45. The molecular weight excluding hydrogens is 781 g/mol. The molecule has 322 valence electrons. The summed E-state index contributed by atoms with van der Waals surface area (Å²) in [4.78, 5) is 86.9. The monoisotopic (exact) mass is 834 g/mol. The van der Waals surface area contributed by atoms with E-state index in [0.717, 1.165) is 107 Å². The second-order valence-electron chi connectivity index (χ2n) is 17.2. The minimum absolute atomic E-state index is 0.0581. The maximum Gasteiger partial charge on any atom is 0.320 e. The fourth-order valence-electron chi connectivity index (χ4n) is 9.90. The number of nitrogens with zero attached hydrogens (tertiary/aromatic N) is 9. The number of carbonyl (C=O) groups excluding carboxylic acids is 5. The number of amides is 6. The van der Waals surface area contributed by atoms with Crippen LogP contribution in [-0.2, 0) is 4.79 Å². The number of anilines is 5. The number of nitrogens with one attached hydrogen (secondary N) is 2. The molecule has 18 heteroatoms. The molecule has 5 fully saturated rings. The molecule has 6 amide bonds. The first-order valence-corrected chi connectivity index (χ1v) is 21.5. The number of piperidine rings is 3. The van der Waals surface area contributed by atoms with Crippen molar-refractivity contribution in [1.29, 1.82) is 0 Å². The number of urea groups is 1. The number of hydrogen-bond donors (Lipinski definition) is 4. The van der Waals surface area contributed by atoms with Crippen LogP contribution < -0.4 is 31.1 Å². The maximum atomic E-state index is 13.5. The van der Waals surface area contributed by atoms with E-state index in [1.165, 1.54) is 0 Å². The van der Waals surface area contributed by atoms with Gasteiger partial charge >= 0.3 is 6.03 Å². The topological polar surface area (TPSA) is 204 Å². The number of aliphatic hydroxyl groups excluding tert-OH is 1. The number of aromatic nitrogens is 2. The molecule has 4 atom stereocenters. The molecule has 5 saturated heterocycles. The Kier molecular flexibility index (Phi) is 11.1. The number of likely N-dealkylation sites (N-methyl/N-ethyl adjacent to an activating group) is 1. The Hall–Kier alpha value is -6.01. The number of benzene rings is 2. The molecule has 6 aliphatic rings. The molecule has 2 unspecified atom stereocenters. The van der Waals surface area contributed by atoms with Crippen molar-refractivity contribution in [2.75, 3.05) is 99.1 Å². The van der Waals surface area contributed by atoms with Gasteiger partial charge in [0.05, 0.1) is 29.4 Å². The summed E-state index contributed by atoms with van der Waals surface area (Å²) in [5.74, 6) is -0.439. The Labute approximate surface area is 354 Å². The van der Waals surface area contributed by atoms with Crippen molar-refractivity contribution in [2.24, 2.45) is 11.7 Å². The van der Waals surface area contributed by atoms with Gasteiger partial charge in [-0.25, -0.2) is 14.8 Å². The fraction of sp³-hybridized carbons (Fsp3) is 0.512. The van der Waals surface area contributed by atoms with Crippen molar-refractivity contribution in [2.45, 2.75) is 56.8 Å². The molecule has 18 nitrogen and oxygen atoms in total. The van der Waals surface area contributed by atoms with Crippen molar-refractivity contribution in [3.63, 3.8) is 0 Å². The van der Waals surface area contributed by atoms with Gasteiger partial charge in [-0.3, -0.25) is 29.0 Å². The first-order valence-electron chi connectivity index (χ1n) is 21.5. The molecule has 61 heavy (non-hydrogen) atoms. The molecule has 0 spiro atoms. The third-order valence-electron chi connectivity index (χ3n) is 13.2. The molecule has 5 N–H and O–H groups in total. The van der Waals surface area contributed by atoms with Gasteiger partial charge in [0.15, 0.2) is 11.5 Å². The van der Waals surface area contributed by atoms with Gasteiger partial charge in [-0.2, -0.15) is 0 Å². The molecule has 0 saturated carbocycles. The summed E-state index contributed by atoms with van der Waals surface area (Å²) in [5, 5.41) is 16.2. The van der Waals surface area contributed by atoms with E-state index in [2.05, 4.69) is 47.3 Å². The second kappa shape index (κ2) is 16.8. The van der Waals surface area contributed by atoms with Gasteiger partial charge in [0.2, 0.25) is 5.91 Å². The van der Waals surface area contributed by atoms with Gasteiger partial charge in [0.25, 0.3) is 17.7 Å². The van der Waals surface area contributed by atoms with Gasteiger partial charge in [-0.15, -0.1) is 0 Å². The third kappa shape index (κ3) is 8.13. The van der Waals surface area contributed by atoms with E-state index in [1.54, 1.807) is 17.2 Å². The number of carbonyl (C=O) groups is 5. The predicted octanol–water partition coefficient (Wildman–Crippen LogP) is 1.89. The van der Waals surface area contributed by atoms with Crippen molar-refractivity contribution in [1.82, 2.24) is 34.9 Å². The lowest BCUT2D eigenvalue weighted by Gasteiger charge is -2.40. The largest absolute Gasteiger partial charge is 0.372 e. The van der Waals surface area contributed by atoms with E-state index in [9.17, 15) is 29.1 Å². The Morgan fingerprint density at radius 1 is 0.836 bits per heavy atom. The number of fused-ring (bicyclic) bond motifs is 1. The van der Waals surface area contributed by atoms with Gasteiger partial charge in [0, 0.05) is 103 Å². The van der Waals surface area contributed by atoms with Crippen molar-refractivity contribution in [3.8, 4) is 0 Å². The van der Waals surface area contributed by atoms with Crippen molar-refractivity contribution in [3.05, 3.63) is 65.5 Å². The highest BCUT2D eigenvalue weighted by molar-refractivity contribution is 6.22. The summed E-state index contributed by atoms with van der Waals surface area (Å²) < 4.78 is 0. The molecule has 6 aliphatic heterocycles. The van der Waals surface area contributed by atoms with Crippen LogP contribution in [0.25, 0.3) is 0 Å². The minimum Gasteiger partial charge on any atom is -0.372 e. The number of nitrogens with two attached hydrogens (primary N) is 1. The summed E-state index contributed by atoms with van der Waals surface area (Å²) in [6, 6.07) is 12.9. The number of piperazine rings is 1. The van der Waals surface area contributed by atoms with Crippen LogP contribution >= 0.6 is 0 Å². The van der Waals surface area contributed by atoms with E-state index >= 15 is 0 Å². The Morgan fingerprint density at radius 3 is 2.31 bits per heavy atom. The minimum atomic E-state index is -1.28. The third-order valence-corrected chi connectivity index (χ3v) is 13.2. The lowest BCUT2D eigenvalue weighted by Crippen LogP contribution is -2.57. The molecule has 3 aromatic rings. The molecule has 0 bridgehead atoms. The summed E-state index contributed by atoms with van der Waals surface area (Å²) >= 11 is 0. The number of aliphatic hydroxyl groups is 1. The van der Waals surface area contributed by atoms with Crippen molar-refractivity contribution >= 4 is 58.4 Å². The average Bonchev–Trinajstić information content (AvgIpc) is 3.73. The van der Waals surface area contributed by atoms with Gasteiger partial charge in [-0.1, -0.05) is 0 Å². The smallest absolute Gasteiger partial charge is 0.320 e. The first kappa shape index (κ1) is 40.4. The SMILES string of the molecule is CN1CCN([C@@H]2CCCN(c3cnc(C(N)=O)c(Nc4ccc(N5CCN(C[C@H]6CCCN(c7ccc8c(c7)C(=O)N(C7CCC(=O)NC7O)C8=O)C6)CC5)cc4)n3)C2)C1=O. The van der Waals surface area contributed by atoms with Gasteiger partial charge in [0.1, 0.15) is 12.0 Å². The van der Waals surface area contributed by atoms with E-state index in [0.29, 0.717) is 41.8 Å². The predicted molar refractivity (Wildman–Crippen MR) is 228 cm³/mol. The van der Waals surface area contributed by atoms with Gasteiger partial charge < -0.3 is 46.0 Å². The molecule has 1 aromatic heterocycles. The zero-order valence-corrected chi connectivity index (χ0v) is 34.5. The summed E-state index contributed by atoms with van der Waals surface area (Å²) in [7, 11) is 1.83. The quantitative estimate of drug-likeness (QED) is 0.216. The van der Waals surface area contributed by atoms with E-state index in [4.69, 9.17) is 10.7 Å². The lowest BCUT2D eigenvalue weighted by atomic mass is 9.96. The molecular formula is C43H54N12O6. The normalized spacial score (nSPS) is 25.0. The first-order chi connectivity index (χ1) is 29.5. The number of imide groups is 1. The maximum absolute atomic E-state index is 13.5. The van der Waals surface area contributed by atoms with E-state index in [-0.39, 0.29) is 36.5 Å². The molecule has 0 aliphatic carbocycles. The molecule has 9 rings (SSSR count). The van der Waals surface area contributed by atoms with Crippen LogP contribution in [0.5, 0.6) is 0 Å². The average molecular weight is 835 g/mol. The fourth-order valence-corrected chi connectivity index (χ4v) is 9.90. The second-order valence-corrected chi connectivity index (χ2v) is 17.2. The summed E-state index contributed by atoms with van der Waals surface area (Å²) in [6.45, 7) is 9.19. The zero-order valence-electron chi connectivity index (χ0n) is 34.5. The van der Waals surface area contributed by atoms with Crippen molar-refractivity contribution < 1.29 is 29.1 Å². The van der Waals surface area contributed by atoms with E-state index in [1.807, 2.05) is 36.2 Å². The van der Waals surface area contributed by atoms with Crippen LogP contribution in [0.1, 0.15) is 69.7 Å². The molecule has 0 radical (unpaired) electrons. The highest BCUT2D eigenvalue weighted by Crippen LogP contribution is 2.34. The molecule has 7 heterocycles. The summed E-state index contributed by atoms with van der Waals surface area (Å²) in [6.07, 6.45) is 4.68. The van der Waals surface area contributed by atoms with Crippen LogP contribution in [0.3, 0.4) is 0 Å².